The summed E-state index contributed by atoms with van der Waals surface area (Å²) in [6.45, 7) is 1.97. The van der Waals surface area contributed by atoms with Gasteiger partial charge in [0.1, 0.15) is 6.29 Å². The molecular weight excluding hydrogens is 248 g/mol. The Labute approximate surface area is 103 Å². The van der Waals surface area contributed by atoms with Gasteiger partial charge in [-0.05, 0) is 31.2 Å². The van der Waals surface area contributed by atoms with Crippen LogP contribution in [-0.2, 0) is 14.3 Å². The summed E-state index contributed by atoms with van der Waals surface area (Å²) in [5.41, 5.74) is 0. The highest BCUT2D eigenvalue weighted by molar-refractivity contribution is 8.01. The van der Waals surface area contributed by atoms with Crippen LogP contribution >= 0.6 is 23.4 Å². The summed E-state index contributed by atoms with van der Waals surface area (Å²) >= 11 is 6.87. The Kier molecular flexibility index (Phi) is 5.35. The summed E-state index contributed by atoms with van der Waals surface area (Å²) in [6.07, 6.45) is 0.581. The lowest BCUT2D eigenvalue weighted by atomic mass is 10.4. The van der Waals surface area contributed by atoms with E-state index in [4.69, 9.17) is 16.3 Å². The number of carbonyl (C=O) groups is 2. The zero-order valence-electron chi connectivity index (χ0n) is 8.68. The molecule has 0 fully saturated rings. The van der Waals surface area contributed by atoms with Gasteiger partial charge in [0.2, 0.25) is 0 Å². The van der Waals surface area contributed by atoms with Gasteiger partial charge >= 0.3 is 5.97 Å². The normalized spacial score (nSPS) is 11.9. The quantitative estimate of drug-likeness (QED) is 0.352. The number of ether oxygens (including phenoxy) is 1. The number of halogens is 1. The van der Waals surface area contributed by atoms with Crippen molar-refractivity contribution in [1.82, 2.24) is 0 Å². The fourth-order valence-corrected chi connectivity index (χ4v) is 1.95. The second-order valence-electron chi connectivity index (χ2n) is 2.88. The summed E-state index contributed by atoms with van der Waals surface area (Å²) in [5.74, 6) is -0.516. The van der Waals surface area contributed by atoms with Gasteiger partial charge in [0.15, 0.2) is 5.25 Å². The molecule has 0 heterocycles. The summed E-state index contributed by atoms with van der Waals surface area (Å²) in [4.78, 5) is 22.9. The van der Waals surface area contributed by atoms with Gasteiger partial charge in [0.25, 0.3) is 0 Å². The Morgan fingerprint density at radius 1 is 1.50 bits per heavy atom. The van der Waals surface area contributed by atoms with E-state index >= 15 is 0 Å². The molecule has 16 heavy (non-hydrogen) atoms. The molecule has 86 valence electrons. The molecule has 1 aromatic carbocycles. The van der Waals surface area contributed by atoms with Gasteiger partial charge in [-0.2, -0.15) is 0 Å². The number of hydrogen-bond donors (Lipinski definition) is 0. The molecule has 0 spiro atoms. The van der Waals surface area contributed by atoms with Crippen LogP contribution in [0.25, 0.3) is 0 Å². The average molecular weight is 259 g/mol. The van der Waals surface area contributed by atoms with Crippen LogP contribution in [0.3, 0.4) is 0 Å². The van der Waals surface area contributed by atoms with Crippen molar-refractivity contribution in [3.8, 4) is 0 Å². The van der Waals surface area contributed by atoms with Crippen LogP contribution in [0.15, 0.2) is 29.2 Å². The Hall–Kier alpha value is -1.00. The van der Waals surface area contributed by atoms with Crippen molar-refractivity contribution in [1.29, 1.82) is 0 Å². The van der Waals surface area contributed by atoms with Gasteiger partial charge < -0.3 is 9.53 Å². The van der Waals surface area contributed by atoms with Crippen LogP contribution < -0.4 is 0 Å². The fourth-order valence-electron chi connectivity index (χ4n) is 1.02. The summed E-state index contributed by atoms with van der Waals surface area (Å²) in [5, 5.41) is -0.204. The molecular formula is C11H11ClO3S. The molecule has 1 unspecified atom stereocenters. The highest BCUT2D eigenvalue weighted by atomic mass is 35.5. The predicted octanol–water partition coefficient (Wildman–Crippen LogP) is 2.56. The van der Waals surface area contributed by atoms with E-state index in [1.807, 2.05) is 0 Å². The largest absolute Gasteiger partial charge is 0.465 e. The zero-order valence-corrected chi connectivity index (χ0v) is 10.3. The van der Waals surface area contributed by atoms with Crippen molar-refractivity contribution < 1.29 is 14.3 Å². The Balaban J connectivity index is 2.66. The number of benzene rings is 1. The fraction of sp³-hybridized carbons (Fsp3) is 0.273. The highest BCUT2D eigenvalue weighted by Crippen LogP contribution is 2.24. The van der Waals surface area contributed by atoms with Crippen LogP contribution in [0, 0.1) is 0 Å². The lowest BCUT2D eigenvalue weighted by Crippen LogP contribution is -2.21. The average Bonchev–Trinajstić information content (AvgIpc) is 2.28. The number of rotatable bonds is 5. The molecule has 1 rings (SSSR count). The number of aldehydes is 1. The minimum absolute atomic E-state index is 0.268. The monoisotopic (exact) mass is 258 g/mol. The first-order valence-corrected chi connectivity index (χ1v) is 5.97. The van der Waals surface area contributed by atoms with E-state index in [0.717, 1.165) is 16.7 Å². The Morgan fingerprint density at radius 3 is 2.62 bits per heavy atom. The van der Waals surface area contributed by atoms with Crippen molar-refractivity contribution in [2.75, 3.05) is 6.61 Å². The van der Waals surface area contributed by atoms with E-state index in [1.165, 1.54) is 0 Å². The minimum Gasteiger partial charge on any atom is -0.465 e. The van der Waals surface area contributed by atoms with Gasteiger partial charge in [0.05, 0.1) is 6.61 Å². The maximum Gasteiger partial charge on any atom is 0.326 e. The van der Waals surface area contributed by atoms with Gasteiger partial charge in [-0.3, -0.25) is 4.79 Å². The summed E-state index contributed by atoms with van der Waals surface area (Å²) < 4.78 is 4.77. The molecule has 0 amide bonds. The van der Waals surface area contributed by atoms with E-state index in [1.54, 1.807) is 31.2 Å². The maximum absolute atomic E-state index is 11.3. The number of carbonyl (C=O) groups excluding carboxylic acids is 2. The minimum atomic E-state index is -0.818. The maximum atomic E-state index is 11.3. The van der Waals surface area contributed by atoms with Gasteiger partial charge in [-0.25, -0.2) is 0 Å². The predicted molar refractivity (Wildman–Crippen MR) is 63.8 cm³/mol. The van der Waals surface area contributed by atoms with Crippen molar-refractivity contribution in [3.63, 3.8) is 0 Å². The van der Waals surface area contributed by atoms with Crippen molar-refractivity contribution >= 4 is 35.6 Å². The number of hydrogen-bond acceptors (Lipinski definition) is 4. The van der Waals surface area contributed by atoms with Crippen LogP contribution in [0.5, 0.6) is 0 Å². The molecule has 0 aliphatic rings. The summed E-state index contributed by atoms with van der Waals surface area (Å²) in [6, 6.07) is 6.92. The Morgan fingerprint density at radius 2 is 2.12 bits per heavy atom. The standard InChI is InChI=1S/C11H11ClO3S/c1-2-15-11(14)10(7-13)16-9-5-3-8(12)4-6-9/h3-7,10H,2H2,1H3. The second kappa shape index (κ2) is 6.55. The third-order valence-corrected chi connectivity index (χ3v) is 3.07. The van der Waals surface area contributed by atoms with Crippen LogP contribution in [-0.4, -0.2) is 24.1 Å². The number of thioether (sulfide) groups is 1. The number of esters is 1. The third kappa shape index (κ3) is 3.87. The first-order valence-electron chi connectivity index (χ1n) is 4.71. The van der Waals surface area contributed by atoms with Crippen LogP contribution in [0.2, 0.25) is 5.02 Å². The van der Waals surface area contributed by atoms with Crippen molar-refractivity contribution in [2.45, 2.75) is 17.1 Å². The Bertz CT molecular complexity index is 364. The van der Waals surface area contributed by atoms with E-state index in [2.05, 4.69) is 0 Å². The first kappa shape index (κ1) is 13.1. The van der Waals surface area contributed by atoms with Crippen LogP contribution in [0.1, 0.15) is 6.92 Å². The lowest BCUT2D eigenvalue weighted by Gasteiger charge is -2.08. The molecule has 0 aromatic heterocycles. The molecule has 0 radical (unpaired) electrons. The molecule has 1 aromatic rings. The smallest absolute Gasteiger partial charge is 0.326 e. The molecule has 0 aliphatic carbocycles. The molecule has 0 saturated heterocycles. The molecule has 3 nitrogen and oxygen atoms in total. The molecule has 0 bridgehead atoms. The van der Waals surface area contributed by atoms with Crippen LogP contribution in [0.4, 0.5) is 0 Å². The third-order valence-electron chi connectivity index (χ3n) is 1.72. The molecule has 0 N–H and O–H groups in total. The highest BCUT2D eigenvalue weighted by Gasteiger charge is 2.20. The van der Waals surface area contributed by atoms with E-state index < -0.39 is 11.2 Å². The first-order chi connectivity index (χ1) is 7.67. The molecule has 5 heteroatoms. The van der Waals surface area contributed by atoms with Crippen molar-refractivity contribution in [3.05, 3.63) is 29.3 Å². The van der Waals surface area contributed by atoms with Gasteiger partial charge in [-0.15, -0.1) is 11.8 Å². The summed E-state index contributed by atoms with van der Waals surface area (Å²) in [7, 11) is 0. The van der Waals surface area contributed by atoms with Crippen molar-refractivity contribution in [2.24, 2.45) is 0 Å². The second-order valence-corrected chi connectivity index (χ2v) is 4.53. The topological polar surface area (TPSA) is 43.4 Å². The molecule has 0 saturated carbocycles. The van der Waals surface area contributed by atoms with E-state index in [0.29, 0.717) is 11.3 Å². The van der Waals surface area contributed by atoms with E-state index in [-0.39, 0.29) is 6.61 Å². The zero-order chi connectivity index (χ0) is 12.0. The van der Waals surface area contributed by atoms with E-state index in [9.17, 15) is 9.59 Å². The molecule has 1 atom stereocenters. The lowest BCUT2D eigenvalue weighted by molar-refractivity contribution is -0.143. The van der Waals surface area contributed by atoms with Gasteiger partial charge in [0, 0.05) is 9.92 Å². The van der Waals surface area contributed by atoms with Gasteiger partial charge in [-0.1, -0.05) is 11.6 Å². The SMILES string of the molecule is CCOC(=O)C(C=O)Sc1ccc(Cl)cc1. The molecule has 0 aliphatic heterocycles.